The van der Waals surface area contributed by atoms with Crippen LogP contribution in [0.15, 0.2) is 35.3 Å². The first-order valence-corrected chi connectivity index (χ1v) is 7.45. The topological polar surface area (TPSA) is 97.2 Å². The van der Waals surface area contributed by atoms with Gasteiger partial charge in [-0.1, -0.05) is 0 Å². The number of pyridine rings is 1. The van der Waals surface area contributed by atoms with Crippen molar-refractivity contribution >= 4 is 11.7 Å². The Morgan fingerprint density at radius 2 is 2.09 bits per heavy atom. The zero-order chi connectivity index (χ0) is 16.8. The number of anilines is 1. The number of aryl methyl sites for hydroxylation is 1. The van der Waals surface area contributed by atoms with Gasteiger partial charge in [0.05, 0.1) is 13.2 Å². The van der Waals surface area contributed by atoms with E-state index in [0.29, 0.717) is 18.8 Å². The summed E-state index contributed by atoms with van der Waals surface area (Å²) in [6, 6.07) is 7.17. The average molecular weight is 315 g/mol. The monoisotopic (exact) mass is 315 g/mol. The van der Waals surface area contributed by atoms with Gasteiger partial charge < -0.3 is 20.8 Å². The maximum atomic E-state index is 11.4. The van der Waals surface area contributed by atoms with Crippen LogP contribution in [-0.2, 0) is 16.1 Å². The second-order valence-electron chi connectivity index (χ2n) is 5.22. The van der Waals surface area contributed by atoms with Gasteiger partial charge in [-0.25, -0.2) is 0 Å². The van der Waals surface area contributed by atoms with E-state index in [1.54, 1.807) is 19.2 Å². The number of hydrogen-bond donors (Lipinski definition) is 3. The molecule has 0 bridgehead atoms. The summed E-state index contributed by atoms with van der Waals surface area (Å²) < 4.78 is 4.87. The predicted octanol–water partition coefficient (Wildman–Crippen LogP) is 1.59. The SMILES string of the molecule is CCOC(=O)CNCc1cc(-c2ccc(=O)[nH]c2)cc(C)c1N. The quantitative estimate of drug-likeness (QED) is 0.555. The standard InChI is InChI=1S/C17H21N3O3/c1-3-23-16(22)10-19-8-14-7-13(6-11(2)17(14)18)12-4-5-15(21)20-9-12/h4-7,9,19H,3,8,10,18H2,1-2H3,(H,20,21). The van der Waals surface area contributed by atoms with Crippen molar-refractivity contribution in [2.75, 3.05) is 18.9 Å². The minimum absolute atomic E-state index is 0.134. The molecule has 2 aromatic rings. The average Bonchev–Trinajstić information content (AvgIpc) is 2.52. The molecule has 0 unspecified atom stereocenters. The number of esters is 1. The lowest BCUT2D eigenvalue weighted by molar-refractivity contribution is -0.142. The third-order valence-electron chi connectivity index (χ3n) is 3.48. The third kappa shape index (κ3) is 4.43. The third-order valence-corrected chi connectivity index (χ3v) is 3.48. The van der Waals surface area contributed by atoms with E-state index >= 15 is 0 Å². The van der Waals surface area contributed by atoms with Crippen molar-refractivity contribution in [3.8, 4) is 11.1 Å². The highest BCUT2D eigenvalue weighted by molar-refractivity contribution is 5.72. The number of benzene rings is 1. The molecule has 0 saturated heterocycles. The highest BCUT2D eigenvalue weighted by Crippen LogP contribution is 2.26. The predicted molar refractivity (Wildman–Crippen MR) is 90.0 cm³/mol. The van der Waals surface area contributed by atoms with Crippen LogP contribution in [-0.4, -0.2) is 24.1 Å². The second kappa shape index (κ2) is 7.60. The van der Waals surface area contributed by atoms with Crippen LogP contribution in [0.3, 0.4) is 0 Å². The molecular weight excluding hydrogens is 294 g/mol. The minimum atomic E-state index is -0.292. The van der Waals surface area contributed by atoms with Crippen molar-refractivity contribution in [3.63, 3.8) is 0 Å². The number of nitrogens with one attached hydrogen (secondary N) is 2. The number of H-pyrrole nitrogens is 1. The van der Waals surface area contributed by atoms with E-state index in [-0.39, 0.29) is 18.1 Å². The molecule has 6 heteroatoms. The van der Waals surface area contributed by atoms with Crippen LogP contribution in [0.5, 0.6) is 0 Å². The summed E-state index contributed by atoms with van der Waals surface area (Å²) in [5.74, 6) is -0.292. The maximum absolute atomic E-state index is 11.4. The van der Waals surface area contributed by atoms with Crippen LogP contribution in [0.4, 0.5) is 5.69 Å². The normalized spacial score (nSPS) is 10.5. The fraction of sp³-hybridized carbons (Fsp3) is 0.294. The van der Waals surface area contributed by atoms with Gasteiger partial charge in [0, 0.05) is 24.5 Å². The lowest BCUT2D eigenvalue weighted by atomic mass is 9.99. The fourth-order valence-corrected chi connectivity index (χ4v) is 2.29. The van der Waals surface area contributed by atoms with E-state index in [9.17, 15) is 9.59 Å². The van der Waals surface area contributed by atoms with Crippen LogP contribution in [0.1, 0.15) is 18.1 Å². The van der Waals surface area contributed by atoms with E-state index in [2.05, 4.69) is 10.3 Å². The largest absolute Gasteiger partial charge is 0.465 e. The van der Waals surface area contributed by atoms with Gasteiger partial charge in [-0.2, -0.15) is 0 Å². The van der Waals surface area contributed by atoms with Crippen molar-refractivity contribution in [2.24, 2.45) is 0 Å². The summed E-state index contributed by atoms with van der Waals surface area (Å²) >= 11 is 0. The number of carbonyl (C=O) groups is 1. The Morgan fingerprint density at radius 1 is 1.30 bits per heavy atom. The van der Waals surface area contributed by atoms with Gasteiger partial charge in [-0.15, -0.1) is 0 Å². The maximum Gasteiger partial charge on any atom is 0.319 e. The summed E-state index contributed by atoms with van der Waals surface area (Å²) in [7, 11) is 0. The van der Waals surface area contributed by atoms with Crippen molar-refractivity contribution < 1.29 is 9.53 Å². The van der Waals surface area contributed by atoms with Crippen molar-refractivity contribution in [2.45, 2.75) is 20.4 Å². The van der Waals surface area contributed by atoms with Crippen LogP contribution in [0.25, 0.3) is 11.1 Å². The molecule has 0 radical (unpaired) electrons. The molecule has 0 atom stereocenters. The summed E-state index contributed by atoms with van der Waals surface area (Å²) in [5, 5.41) is 3.03. The first-order chi connectivity index (χ1) is 11.0. The Labute approximate surface area is 134 Å². The summed E-state index contributed by atoms with van der Waals surface area (Å²) in [6.45, 7) is 4.66. The molecular formula is C17H21N3O3. The van der Waals surface area contributed by atoms with Crippen LogP contribution in [0, 0.1) is 6.92 Å². The molecule has 23 heavy (non-hydrogen) atoms. The minimum Gasteiger partial charge on any atom is -0.465 e. The Morgan fingerprint density at radius 3 is 2.74 bits per heavy atom. The highest BCUT2D eigenvalue weighted by atomic mass is 16.5. The molecule has 0 aliphatic heterocycles. The van der Waals surface area contributed by atoms with Crippen molar-refractivity contribution in [1.29, 1.82) is 0 Å². The summed E-state index contributed by atoms with van der Waals surface area (Å²) in [5.41, 5.74) is 10.4. The van der Waals surface area contributed by atoms with Crippen LogP contribution in [0.2, 0.25) is 0 Å². The van der Waals surface area contributed by atoms with Crippen LogP contribution < -0.4 is 16.6 Å². The van der Waals surface area contributed by atoms with Gasteiger partial charge in [0.1, 0.15) is 0 Å². The molecule has 0 spiro atoms. The lowest BCUT2D eigenvalue weighted by Gasteiger charge is -2.13. The fourth-order valence-electron chi connectivity index (χ4n) is 2.29. The molecule has 0 amide bonds. The number of ether oxygens (including phenoxy) is 1. The Kier molecular flexibility index (Phi) is 5.54. The molecule has 4 N–H and O–H groups in total. The second-order valence-corrected chi connectivity index (χ2v) is 5.22. The van der Waals surface area contributed by atoms with Gasteiger partial charge >= 0.3 is 5.97 Å². The van der Waals surface area contributed by atoms with Gasteiger partial charge in [-0.3, -0.25) is 9.59 Å². The molecule has 6 nitrogen and oxygen atoms in total. The van der Waals surface area contributed by atoms with E-state index in [0.717, 1.165) is 22.3 Å². The Hall–Kier alpha value is -2.60. The number of carbonyl (C=O) groups excluding carboxylic acids is 1. The number of aromatic amines is 1. The van der Waals surface area contributed by atoms with Crippen molar-refractivity contribution in [3.05, 3.63) is 51.9 Å². The smallest absolute Gasteiger partial charge is 0.319 e. The summed E-state index contributed by atoms with van der Waals surface area (Å²) in [4.78, 5) is 25.2. The Bertz CT molecular complexity index is 733. The number of nitrogens with two attached hydrogens (primary N) is 1. The zero-order valence-electron chi connectivity index (χ0n) is 13.3. The van der Waals surface area contributed by atoms with Gasteiger partial charge in [0.15, 0.2) is 0 Å². The number of aromatic nitrogens is 1. The van der Waals surface area contributed by atoms with Crippen molar-refractivity contribution in [1.82, 2.24) is 10.3 Å². The molecule has 0 fully saturated rings. The molecule has 1 aromatic heterocycles. The first-order valence-electron chi connectivity index (χ1n) is 7.45. The molecule has 122 valence electrons. The first kappa shape index (κ1) is 16.8. The van der Waals surface area contributed by atoms with E-state index in [4.69, 9.17) is 10.5 Å². The molecule has 0 saturated carbocycles. The molecule has 1 aromatic carbocycles. The Balaban J connectivity index is 2.17. The lowest BCUT2D eigenvalue weighted by Crippen LogP contribution is -2.24. The number of hydrogen-bond acceptors (Lipinski definition) is 5. The van der Waals surface area contributed by atoms with Gasteiger partial charge in [0.25, 0.3) is 0 Å². The number of rotatable bonds is 6. The van der Waals surface area contributed by atoms with Crippen LogP contribution >= 0.6 is 0 Å². The molecule has 1 heterocycles. The zero-order valence-corrected chi connectivity index (χ0v) is 13.3. The van der Waals surface area contributed by atoms with Gasteiger partial charge in [-0.05, 0) is 54.3 Å². The highest BCUT2D eigenvalue weighted by Gasteiger charge is 2.08. The van der Waals surface area contributed by atoms with E-state index in [1.165, 1.54) is 6.07 Å². The van der Waals surface area contributed by atoms with E-state index in [1.807, 2.05) is 19.1 Å². The van der Waals surface area contributed by atoms with E-state index < -0.39 is 0 Å². The number of nitrogen functional groups attached to an aromatic ring is 1. The summed E-state index contributed by atoms with van der Waals surface area (Å²) in [6.07, 6.45) is 1.67. The molecule has 2 rings (SSSR count). The molecule has 0 aliphatic carbocycles. The molecule has 0 aliphatic rings. The van der Waals surface area contributed by atoms with Gasteiger partial charge in [0.2, 0.25) is 5.56 Å².